The molecule has 0 bridgehead atoms. The summed E-state index contributed by atoms with van der Waals surface area (Å²) in [6.07, 6.45) is 1.64. The minimum Gasteiger partial charge on any atom is -0.481 e. The molecular weight excluding hydrogens is 320 g/mol. The molecule has 2 rings (SSSR count). The molecule has 2 amide bonds. The molecule has 1 aromatic rings. The molecule has 0 aromatic heterocycles. The molecule has 0 atom stereocenters. The molecule has 0 unspecified atom stereocenters. The van der Waals surface area contributed by atoms with Crippen molar-refractivity contribution in [3.05, 3.63) is 35.4 Å². The number of fused-ring (bicyclic) bond motifs is 1. The highest BCUT2D eigenvalue weighted by Crippen LogP contribution is 2.22. The standard InChI is InChI=1S/C16H20N2O4.ClH/c1-17(11-8-14(19)20)9-4-5-10-18-15(21)12-6-2-3-7-13(12)16(18)22;/h2-3,6-7H,4-5,8-11H2,1H3,(H,19,20);1H. The van der Waals surface area contributed by atoms with Crippen LogP contribution in [0, 0.1) is 0 Å². The minimum atomic E-state index is -0.808. The number of carboxylic acids is 1. The second-order valence-corrected chi connectivity index (χ2v) is 5.46. The van der Waals surface area contributed by atoms with E-state index in [0.717, 1.165) is 13.0 Å². The number of benzene rings is 1. The fraction of sp³-hybridized carbons (Fsp3) is 0.438. The lowest BCUT2D eigenvalue weighted by atomic mass is 10.1. The van der Waals surface area contributed by atoms with Gasteiger partial charge in [0, 0.05) is 13.1 Å². The number of halogens is 1. The van der Waals surface area contributed by atoms with Crippen LogP contribution in [0.3, 0.4) is 0 Å². The number of imide groups is 1. The molecule has 7 heteroatoms. The lowest BCUT2D eigenvalue weighted by Gasteiger charge is -2.17. The average molecular weight is 341 g/mol. The van der Waals surface area contributed by atoms with E-state index in [1.54, 1.807) is 24.3 Å². The number of carbonyl (C=O) groups is 3. The molecule has 0 fully saturated rings. The van der Waals surface area contributed by atoms with Crippen molar-refractivity contribution in [2.75, 3.05) is 26.7 Å². The number of hydrogen-bond acceptors (Lipinski definition) is 4. The number of hydrogen-bond donors (Lipinski definition) is 1. The van der Waals surface area contributed by atoms with Crippen LogP contribution in [-0.4, -0.2) is 59.4 Å². The van der Waals surface area contributed by atoms with Crippen LogP contribution in [-0.2, 0) is 4.79 Å². The highest BCUT2D eigenvalue weighted by Gasteiger charge is 2.34. The molecule has 1 heterocycles. The van der Waals surface area contributed by atoms with Gasteiger partial charge in [0.25, 0.3) is 11.8 Å². The molecule has 0 spiro atoms. The van der Waals surface area contributed by atoms with E-state index in [1.165, 1.54) is 4.90 Å². The van der Waals surface area contributed by atoms with Crippen LogP contribution in [0.2, 0.25) is 0 Å². The van der Waals surface area contributed by atoms with E-state index in [9.17, 15) is 14.4 Å². The van der Waals surface area contributed by atoms with Gasteiger partial charge in [-0.1, -0.05) is 12.1 Å². The van der Waals surface area contributed by atoms with Crippen molar-refractivity contribution in [2.45, 2.75) is 19.3 Å². The van der Waals surface area contributed by atoms with Gasteiger partial charge in [-0.2, -0.15) is 0 Å². The molecule has 23 heavy (non-hydrogen) atoms. The highest BCUT2D eigenvalue weighted by atomic mass is 35.5. The molecule has 1 N–H and O–H groups in total. The van der Waals surface area contributed by atoms with Gasteiger partial charge in [0.15, 0.2) is 0 Å². The van der Waals surface area contributed by atoms with E-state index < -0.39 is 5.97 Å². The van der Waals surface area contributed by atoms with Gasteiger partial charge >= 0.3 is 5.97 Å². The van der Waals surface area contributed by atoms with Crippen molar-refractivity contribution >= 4 is 30.2 Å². The maximum Gasteiger partial charge on any atom is 0.304 e. The Balaban J connectivity index is 0.00000264. The topological polar surface area (TPSA) is 77.9 Å². The molecule has 1 aliphatic heterocycles. The van der Waals surface area contributed by atoms with Crippen molar-refractivity contribution in [1.82, 2.24) is 9.80 Å². The van der Waals surface area contributed by atoms with Gasteiger partial charge in [0.05, 0.1) is 17.5 Å². The van der Waals surface area contributed by atoms with Crippen LogP contribution in [0.25, 0.3) is 0 Å². The zero-order valence-electron chi connectivity index (χ0n) is 13.0. The molecule has 0 saturated heterocycles. The molecule has 126 valence electrons. The predicted octanol–water partition coefficient (Wildman–Crippen LogP) is 1.89. The van der Waals surface area contributed by atoms with Gasteiger partial charge in [-0.05, 0) is 38.6 Å². The Labute approximate surface area is 141 Å². The Morgan fingerprint density at radius 2 is 1.65 bits per heavy atom. The van der Waals surface area contributed by atoms with Crippen LogP contribution >= 0.6 is 12.4 Å². The van der Waals surface area contributed by atoms with Crippen molar-refractivity contribution in [2.24, 2.45) is 0 Å². The zero-order chi connectivity index (χ0) is 16.1. The maximum atomic E-state index is 12.1. The first-order chi connectivity index (χ1) is 10.5. The Morgan fingerprint density at radius 1 is 1.09 bits per heavy atom. The van der Waals surface area contributed by atoms with Crippen molar-refractivity contribution in [3.8, 4) is 0 Å². The average Bonchev–Trinajstić information content (AvgIpc) is 2.74. The lowest BCUT2D eigenvalue weighted by molar-refractivity contribution is -0.137. The van der Waals surface area contributed by atoms with Gasteiger partial charge in [-0.25, -0.2) is 0 Å². The van der Waals surface area contributed by atoms with Gasteiger partial charge < -0.3 is 10.0 Å². The third kappa shape index (κ3) is 4.77. The van der Waals surface area contributed by atoms with Crippen LogP contribution in [0.5, 0.6) is 0 Å². The van der Waals surface area contributed by atoms with Crippen molar-refractivity contribution in [3.63, 3.8) is 0 Å². The summed E-state index contributed by atoms with van der Waals surface area (Å²) in [5.41, 5.74) is 0.956. The first-order valence-corrected chi connectivity index (χ1v) is 7.36. The molecule has 0 aliphatic carbocycles. The predicted molar refractivity (Wildman–Crippen MR) is 88.0 cm³/mol. The summed E-state index contributed by atoms with van der Waals surface area (Å²) in [5.74, 6) is -1.25. The van der Waals surface area contributed by atoms with Crippen molar-refractivity contribution < 1.29 is 19.5 Å². The van der Waals surface area contributed by atoms with Crippen molar-refractivity contribution in [1.29, 1.82) is 0 Å². The maximum absolute atomic E-state index is 12.1. The van der Waals surface area contributed by atoms with Crippen LogP contribution < -0.4 is 0 Å². The first-order valence-electron chi connectivity index (χ1n) is 7.36. The Kier molecular flexibility index (Phi) is 7.19. The molecule has 1 aromatic carbocycles. The number of aliphatic carboxylic acids is 1. The third-order valence-corrected chi connectivity index (χ3v) is 3.76. The highest BCUT2D eigenvalue weighted by molar-refractivity contribution is 6.21. The molecule has 1 aliphatic rings. The summed E-state index contributed by atoms with van der Waals surface area (Å²) >= 11 is 0. The van der Waals surface area contributed by atoms with Gasteiger partial charge in [0.1, 0.15) is 0 Å². The number of carboxylic acid groups (broad SMARTS) is 1. The fourth-order valence-electron chi connectivity index (χ4n) is 2.49. The summed E-state index contributed by atoms with van der Waals surface area (Å²) in [7, 11) is 1.87. The molecule has 6 nitrogen and oxygen atoms in total. The van der Waals surface area contributed by atoms with Gasteiger partial charge in [-0.3, -0.25) is 19.3 Å². The van der Waals surface area contributed by atoms with Crippen LogP contribution in [0.1, 0.15) is 40.0 Å². The number of amides is 2. The number of rotatable bonds is 8. The normalized spacial score (nSPS) is 13.2. The van der Waals surface area contributed by atoms with Gasteiger partial charge in [-0.15, -0.1) is 12.4 Å². The lowest BCUT2D eigenvalue weighted by Crippen LogP contribution is -2.31. The van der Waals surface area contributed by atoms with Gasteiger partial charge in [0.2, 0.25) is 0 Å². The Morgan fingerprint density at radius 3 is 2.17 bits per heavy atom. The summed E-state index contributed by atoms with van der Waals surface area (Å²) < 4.78 is 0. The number of carbonyl (C=O) groups excluding carboxylic acids is 2. The summed E-state index contributed by atoms with van der Waals surface area (Å²) in [6, 6.07) is 6.86. The summed E-state index contributed by atoms with van der Waals surface area (Å²) in [5, 5.41) is 8.61. The number of nitrogens with zero attached hydrogens (tertiary/aromatic N) is 2. The number of unbranched alkanes of at least 4 members (excludes halogenated alkanes) is 1. The monoisotopic (exact) mass is 340 g/mol. The summed E-state index contributed by atoms with van der Waals surface area (Å²) in [4.78, 5) is 38.0. The quantitative estimate of drug-likeness (QED) is 0.577. The molecule has 0 radical (unpaired) electrons. The van der Waals surface area contributed by atoms with Crippen LogP contribution in [0.4, 0.5) is 0 Å². The Hall–Kier alpha value is -1.92. The van der Waals surface area contributed by atoms with E-state index in [0.29, 0.717) is 30.6 Å². The zero-order valence-corrected chi connectivity index (χ0v) is 13.8. The van der Waals surface area contributed by atoms with Crippen LogP contribution in [0.15, 0.2) is 24.3 Å². The van der Waals surface area contributed by atoms with E-state index in [1.807, 2.05) is 11.9 Å². The first kappa shape index (κ1) is 19.1. The summed E-state index contributed by atoms with van der Waals surface area (Å²) in [6.45, 7) is 1.65. The second kappa shape index (κ2) is 8.64. The fourth-order valence-corrected chi connectivity index (χ4v) is 2.49. The molecular formula is C16H21ClN2O4. The smallest absolute Gasteiger partial charge is 0.304 e. The van der Waals surface area contributed by atoms with E-state index in [4.69, 9.17) is 5.11 Å². The third-order valence-electron chi connectivity index (χ3n) is 3.76. The van der Waals surface area contributed by atoms with E-state index in [2.05, 4.69) is 0 Å². The largest absolute Gasteiger partial charge is 0.481 e. The minimum absolute atomic E-state index is 0. The second-order valence-electron chi connectivity index (χ2n) is 5.46. The molecule has 0 saturated carbocycles. The van der Waals surface area contributed by atoms with E-state index >= 15 is 0 Å². The Bertz CT molecular complexity index is 556. The SMILES string of the molecule is CN(CCCCN1C(=O)c2ccccc2C1=O)CCC(=O)O.Cl. The van der Waals surface area contributed by atoms with E-state index in [-0.39, 0.29) is 30.6 Å².